The minimum Gasteiger partial charge on any atom is -0.467 e. The summed E-state index contributed by atoms with van der Waals surface area (Å²) in [4.78, 5) is 12.8. The SMILES string of the molecule is Cc1nc(NCc2ccco2)c2ccncc2n1. The van der Waals surface area contributed by atoms with Crippen molar-refractivity contribution in [3.63, 3.8) is 0 Å². The van der Waals surface area contributed by atoms with Crippen molar-refractivity contribution in [3.8, 4) is 0 Å². The number of pyridine rings is 1. The van der Waals surface area contributed by atoms with E-state index in [0.717, 1.165) is 28.3 Å². The Morgan fingerprint density at radius 3 is 3.06 bits per heavy atom. The van der Waals surface area contributed by atoms with E-state index in [0.29, 0.717) is 6.54 Å². The van der Waals surface area contributed by atoms with Crippen LogP contribution in [-0.4, -0.2) is 15.0 Å². The highest BCUT2D eigenvalue weighted by Gasteiger charge is 2.05. The van der Waals surface area contributed by atoms with Crippen molar-refractivity contribution >= 4 is 16.7 Å². The minimum absolute atomic E-state index is 0.598. The molecule has 0 amide bonds. The zero-order chi connectivity index (χ0) is 12.4. The quantitative estimate of drug-likeness (QED) is 0.762. The summed E-state index contributed by atoms with van der Waals surface area (Å²) in [7, 11) is 0. The predicted molar refractivity (Wildman–Crippen MR) is 68.1 cm³/mol. The molecule has 1 N–H and O–H groups in total. The number of hydrogen-bond donors (Lipinski definition) is 1. The largest absolute Gasteiger partial charge is 0.467 e. The molecule has 0 aliphatic heterocycles. The zero-order valence-electron chi connectivity index (χ0n) is 9.92. The van der Waals surface area contributed by atoms with Crippen LogP contribution in [0.15, 0.2) is 41.3 Å². The van der Waals surface area contributed by atoms with Crippen LogP contribution in [0.1, 0.15) is 11.6 Å². The van der Waals surface area contributed by atoms with Gasteiger partial charge in [0.25, 0.3) is 0 Å². The maximum absolute atomic E-state index is 5.28. The van der Waals surface area contributed by atoms with Crippen LogP contribution in [0.5, 0.6) is 0 Å². The number of furan rings is 1. The Bertz CT molecular complexity index is 664. The number of aromatic nitrogens is 3. The second-order valence-corrected chi connectivity index (χ2v) is 3.95. The van der Waals surface area contributed by atoms with Crippen LogP contribution in [-0.2, 0) is 6.54 Å². The molecular formula is C13H12N4O. The summed E-state index contributed by atoms with van der Waals surface area (Å²) < 4.78 is 5.28. The van der Waals surface area contributed by atoms with E-state index >= 15 is 0 Å². The summed E-state index contributed by atoms with van der Waals surface area (Å²) in [5.74, 6) is 2.39. The van der Waals surface area contributed by atoms with Crippen LogP contribution in [0.25, 0.3) is 10.9 Å². The summed E-state index contributed by atoms with van der Waals surface area (Å²) in [5.41, 5.74) is 0.840. The molecule has 0 saturated carbocycles. The van der Waals surface area contributed by atoms with Crippen molar-refractivity contribution in [1.82, 2.24) is 15.0 Å². The Balaban J connectivity index is 1.95. The van der Waals surface area contributed by atoms with E-state index in [9.17, 15) is 0 Å². The number of nitrogens with zero attached hydrogens (tertiary/aromatic N) is 3. The number of rotatable bonds is 3. The third-order valence-corrected chi connectivity index (χ3v) is 2.62. The van der Waals surface area contributed by atoms with Gasteiger partial charge in [-0.3, -0.25) is 4.98 Å². The van der Waals surface area contributed by atoms with Gasteiger partial charge in [-0.1, -0.05) is 0 Å². The number of fused-ring (bicyclic) bond motifs is 1. The molecule has 18 heavy (non-hydrogen) atoms. The fourth-order valence-electron chi connectivity index (χ4n) is 1.82. The fraction of sp³-hybridized carbons (Fsp3) is 0.154. The van der Waals surface area contributed by atoms with Crippen LogP contribution in [0.2, 0.25) is 0 Å². The highest BCUT2D eigenvalue weighted by Crippen LogP contribution is 2.19. The van der Waals surface area contributed by atoms with Gasteiger partial charge >= 0.3 is 0 Å². The molecule has 0 radical (unpaired) electrons. The third-order valence-electron chi connectivity index (χ3n) is 2.62. The summed E-state index contributed by atoms with van der Waals surface area (Å²) in [6.07, 6.45) is 5.13. The van der Waals surface area contributed by atoms with Crippen molar-refractivity contribution in [2.75, 3.05) is 5.32 Å². The highest BCUT2D eigenvalue weighted by molar-refractivity contribution is 5.88. The second-order valence-electron chi connectivity index (χ2n) is 3.95. The molecular weight excluding hydrogens is 228 g/mol. The van der Waals surface area contributed by atoms with Crippen LogP contribution >= 0.6 is 0 Å². The lowest BCUT2D eigenvalue weighted by Crippen LogP contribution is -2.03. The van der Waals surface area contributed by atoms with E-state index in [2.05, 4.69) is 20.3 Å². The smallest absolute Gasteiger partial charge is 0.138 e. The van der Waals surface area contributed by atoms with Gasteiger partial charge in [-0.05, 0) is 25.1 Å². The highest BCUT2D eigenvalue weighted by atomic mass is 16.3. The summed E-state index contributed by atoms with van der Waals surface area (Å²) in [6, 6.07) is 5.69. The molecule has 0 spiro atoms. The monoisotopic (exact) mass is 240 g/mol. The van der Waals surface area contributed by atoms with Crippen molar-refractivity contribution in [1.29, 1.82) is 0 Å². The second kappa shape index (κ2) is 4.44. The molecule has 3 rings (SSSR count). The molecule has 5 nitrogen and oxygen atoms in total. The van der Waals surface area contributed by atoms with Gasteiger partial charge < -0.3 is 9.73 Å². The molecule has 0 aliphatic carbocycles. The molecule has 3 aromatic heterocycles. The molecule has 5 heteroatoms. The third kappa shape index (κ3) is 2.02. The Morgan fingerprint density at radius 1 is 1.28 bits per heavy atom. The van der Waals surface area contributed by atoms with E-state index in [-0.39, 0.29) is 0 Å². The van der Waals surface area contributed by atoms with Gasteiger partial charge in [0.2, 0.25) is 0 Å². The lowest BCUT2D eigenvalue weighted by Gasteiger charge is -2.07. The molecule has 0 aromatic carbocycles. The fourth-order valence-corrected chi connectivity index (χ4v) is 1.82. The van der Waals surface area contributed by atoms with E-state index in [1.165, 1.54) is 0 Å². The topological polar surface area (TPSA) is 63.8 Å². The molecule has 0 aliphatic rings. The van der Waals surface area contributed by atoms with Crippen molar-refractivity contribution in [2.45, 2.75) is 13.5 Å². The maximum Gasteiger partial charge on any atom is 0.138 e. The average molecular weight is 240 g/mol. The Labute approximate surface area is 104 Å². The lowest BCUT2D eigenvalue weighted by atomic mass is 10.3. The van der Waals surface area contributed by atoms with Crippen LogP contribution in [0, 0.1) is 6.92 Å². The van der Waals surface area contributed by atoms with Gasteiger partial charge in [0.1, 0.15) is 17.4 Å². The lowest BCUT2D eigenvalue weighted by molar-refractivity contribution is 0.518. The van der Waals surface area contributed by atoms with Crippen molar-refractivity contribution in [3.05, 3.63) is 48.4 Å². The summed E-state index contributed by atoms with van der Waals surface area (Å²) >= 11 is 0. The van der Waals surface area contributed by atoms with Crippen molar-refractivity contribution < 1.29 is 4.42 Å². The first kappa shape index (κ1) is 10.7. The molecule has 0 saturated heterocycles. The van der Waals surface area contributed by atoms with E-state index in [4.69, 9.17) is 4.42 Å². The minimum atomic E-state index is 0.598. The van der Waals surface area contributed by atoms with Crippen LogP contribution in [0.4, 0.5) is 5.82 Å². The first-order valence-corrected chi connectivity index (χ1v) is 5.67. The molecule has 0 fully saturated rings. The van der Waals surface area contributed by atoms with E-state index in [1.807, 2.05) is 25.1 Å². The number of nitrogens with one attached hydrogen (secondary N) is 1. The number of anilines is 1. The van der Waals surface area contributed by atoms with Gasteiger partial charge in [0.05, 0.1) is 24.5 Å². The molecule has 3 aromatic rings. The Morgan fingerprint density at radius 2 is 2.22 bits per heavy atom. The first-order chi connectivity index (χ1) is 8.83. The van der Waals surface area contributed by atoms with Gasteiger partial charge in [-0.25, -0.2) is 9.97 Å². The van der Waals surface area contributed by atoms with Crippen molar-refractivity contribution in [2.24, 2.45) is 0 Å². The zero-order valence-corrected chi connectivity index (χ0v) is 9.92. The van der Waals surface area contributed by atoms with Crippen LogP contribution < -0.4 is 5.32 Å². The first-order valence-electron chi connectivity index (χ1n) is 5.67. The van der Waals surface area contributed by atoms with E-state index in [1.54, 1.807) is 18.7 Å². The number of aryl methyl sites for hydroxylation is 1. The van der Waals surface area contributed by atoms with Gasteiger partial charge in [-0.2, -0.15) is 0 Å². The summed E-state index contributed by atoms with van der Waals surface area (Å²) in [5, 5.41) is 4.22. The van der Waals surface area contributed by atoms with Gasteiger partial charge in [0, 0.05) is 11.6 Å². The van der Waals surface area contributed by atoms with E-state index < -0.39 is 0 Å². The molecule has 0 bridgehead atoms. The van der Waals surface area contributed by atoms with Crippen LogP contribution in [0.3, 0.4) is 0 Å². The Kier molecular flexibility index (Phi) is 2.64. The maximum atomic E-state index is 5.28. The predicted octanol–water partition coefficient (Wildman–Crippen LogP) is 2.54. The Hall–Kier alpha value is -2.43. The van der Waals surface area contributed by atoms with Gasteiger partial charge in [0.15, 0.2) is 0 Å². The average Bonchev–Trinajstić information content (AvgIpc) is 2.89. The molecule has 0 unspecified atom stereocenters. The normalized spacial score (nSPS) is 10.7. The molecule has 3 heterocycles. The molecule has 0 atom stereocenters. The number of hydrogen-bond acceptors (Lipinski definition) is 5. The summed E-state index contributed by atoms with van der Waals surface area (Å²) in [6.45, 7) is 2.46. The standard InChI is InChI=1S/C13H12N4O/c1-9-16-12-8-14-5-4-11(12)13(17-9)15-7-10-3-2-6-18-10/h2-6,8H,7H2,1H3,(H,15,16,17). The van der Waals surface area contributed by atoms with Gasteiger partial charge in [-0.15, -0.1) is 0 Å². The molecule has 90 valence electrons.